The Hall–Kier alpha value is -1.07. The first-order valence-corrected chi connectivity index (χ1v) is 5.56. The van der Waals surface area contributed by atoms with Gasteiger partial charge in [0.1, 0.15) is 11.6 Å². The first kappa shape index (κ1) is 9.48. The van der Waals surface area contributed by atoms with Crippen LogP contribution >= 0.6 is 27.3 Å². The van der Waals surface area contributed by atoms with Gasteiger partial charge in [-0.15, -0.1) is 0 Å². The first-order chi connectivity index (χ1) is 6.74. The second-order valence-electron chi connectivity index (χ2n) is 2.60. The smallest absolute Gasteiger partial charge is 0.280 e. The van der Waals surface area contributed by atoms with Crippen molar-refractivity contribution in [1.29, 1.82) is 0 Å². The molecular formula is C9H7BrN2OS. The Balaban J connectivity index is 2.18. The van der Waals surface area contributed by atoms with Gasteiger partial charge < -0.3 is 10.5 Å². The molecule has 3 nitrogen and oxygen atoms in total. The summed E-state index contributed by atoms with van der Waals surface area (Å²) in [5.74, 6) is 1.23. The number of thiazole rings is 1. The number of ether oxygens (including phenoxy) is 1. The van der Waals surface area contributed by atoms with Crippen molar-refractivity contribution < 1.29 is 4.74 Å². The molecule has 0 fully saturated rings. The van der Waals surface area contributed by atoms with Crippen LogP contribution in [0, 0.1) is 0 Å². The molecule has 0 saturated heterocycles. The molecule has 0 amide bonds. The average molecular weight is 271 g/mol. The van der Waals surface area contributed by atoms with E-state index < -0.39 is 0 Å². The average Bonchev–Trinajstić information content (AvgIpc) is 2.51. The lowest BCUT2D eigenvalue weighted by molar-refractivity contribution is 0.479. The Labute approximate surface area is 93.7 Å². The molecular weight excluding hydrogens is 264 g/mol. The van der Waals surface area contributed by atoms with E-state index in [-0.39, 0.29) is 0 Å². The normalized spacial score (nSPS) is 10.1. The van der Waals surface area contributed by atoms with E-state index in [9.17, 15) is 0 Å². The summed E-state index contributed by atoms with van der Waals surface area (Å²) in [7, 11) is 0. The molecule has 2 aromatic rings. The summed E-state index contributed by atoms with van der Waals surface area (Å²) in [6.45, 7) is 0. The molecule has 5 heteroatoms. The quantitative estimate of drug-likeness (QED) is 0.911. The van der Waals surface area contributed by atoms with Gasteiger partial charge in [-0.2, -0.15) is 4.98 Å². The van der Waals surface area contributed by atoms with E-state index in [1.807, 2.05) is 24.3 Å². The molecule has 1 aromatic heterocycles. The van der Waals surface area contributed by atoms with Crippen LogP contribution in [0.5, 0.6) is 10.9 Å². The maximum atomic E-state index is 5.48. The molecule has 0 saturated carbocycles. The number of aromatic nitrogens is 1. The van der Waals surface area contributed by atoms with Crippen molar-refractivity contribution in [3.8, 4) is 10.9 Å². The van der Waals surface area contributed by atoms with Crippen LogP contribution in [-0.2, 0) is 0 Å². The van der Waals surface area contributed by atoms with Crippen LogP contribution in [-0.4, -0.2) is 4.98 Å². The maximum Gasteiger partial charge on any atom is 0.280 e. The topological polar surface area (TPSA) is 48.1 Å². The van der Waals surface area contributed by atoms with E-state index in [0.29, 0.717) is 11.0 Å². The lowest BCUT2D eigenvalue weighted by atomic mass is 10.3. The maximum absolute atomic E-state index is 5.48. The van der Waals surface area contributed by atoms with Gasteiger partial charge in [0.15, 0.2) is 0 Å². The number of anilines is 1. The summed E-state index contributed by atoms with van der Waals surface area (Å²) in [4.78, 5) is 3.99. The van der Waals surface area contributed by atoms with Crippen molar-refractivity contribution in [2.24, 2.45) is 0 Å². The molecule has 1 heterocycles. The molecule has 72 valence electrons. The predicted octanol–water partition coefficient (Wildman–Crippen LogP) is 3.28. The van der Waals surface area contributed by atoms with Crippen molar-refractivity contribution in [3.63, 3.8) is 0 Å². The van der Waals surface area contributed by atoms with E-state index >= 15 is 0 Å². The number of benzene rings is 1. The lowest BCUT2D eigenvalue weighted by Crippen LogP contribution is -1.85. The van der Waals surface area contributed by atoms with Gasteiger partial charge in [-0.1, -0.05) is 33.3 Å². The largest absolute Gasteiger partial charge is 0.431 e. The highest BCUT2D eigenvalue weighted by Crippen LogP contribution is 2.27. The molecule has 0 radical (unpaired) electrons. The van der Waals surface area contributed by atoms with Crippen LogP contribution in [0.4, 0.5) is 5.82 Å². The number of rotatable bonds is 2. The van der Waals surface area contributed by atoms with Crippen molar-refractivity contribution >= 4 is 33.1 Å². The van der Waals surface area contributed by atoms with Crippen LogP contribution in [0.2, 0.25) is 0 Å². The van der Waals surface area contributed by atoms with Gasteiger partial charge in [-0.05, 0) is 18.2 Å². The summed E-state index contributed by atoms with van der Waals surface area (Å²) in [5, 5.41) is 2.30. The Morgan fingerprint density at radius 1 is 1.43 bits per heavy atom. The molecule has 2 rings (SSSR count). The van der Waals surface area contributed by atoms with Crippen molar-refractivity contribution in [2.45, 2.75) is 0 Å². The van der Waals surface area contributed by atoms with Crippen molar-refractivity contribution in [1.82, 2.24) is 4.98 Å². The number of nitrogens with two attached hydrogens (primary N) is 1. The minimum atomic E-state index is 0.486. The van der Waals surface area contributed by atoms with Crippen molar-refractivity contribution in [2.75, 3.05) is 5.73 Å². The van der Waals surface area contributed by atoms with Crippen molar-refractivity contribution in [3.05, 3.63) is 34.1 Å². The standard InChI is InChI=1S/C9H7BrN2OS/c10-6-2-1-3-7(4-6)13-9-12-8(11)5-14-9/h1-5H,11H2. The van der Waals surface area contributed by atoms with E-state index in [0.717, 1.165) is 10.2 Å². The number of halogens is 1. The van der Waals surface area contributed by atoms with Crippen LogP contribution < -0.4 is 10.5 Å². The number of nitrogens with zero attached hydrogens (tertiary/aromatic N) is 1. The van der Waals surface area contributed by atoms with Gasteiger partial charge in [0.05, 0.1) is 0 Å². The molecule has 0 aliphatic heterocycles. The van der Waals surface area contributed by atoms with Crippen LogP contribution in [0.3, 0.4) is 0 Å². The Bertz CT molecular complexity index is 444. The summed E-state index contributed by atoms with van der Waals surface area (Å²) < 4.78 is 6.45. The summed E-state index contributed by atoms with van der Waals surface area (Å²) >= 11 is 4.74. The Morgan fingerprint density at radius 2 is 2.29 bits per heavy atom. The fourth-order valence-corrected chi connectivity index (χ4v) is 1.90. The van der Waals surface area contributed by atoms with E-state index in [1.165, 1.54) is 11.3 Å². The van der Waals surface area contributed by atoms with Gasteiger partial charge in [0.25, 0.3) is 5.19 Å². The summed E-state index contributed by atoms with van der Waals surface area (Å²) in [5.41, 5.74) is 5.47. The van der Waals surface area contributed by atoms with E-state index in [4.69, 9.17) is 10.5 Å². The number of nitrogen functional groups attached to an aromatic ring is 1. The van der Waals surface area contributed by atoms with Crippen LogP contribution in [0.1, 0.15) is 0 Å². The monoisotopic (exact) mass is 270 g/mol. The fraction of sp³-hybridized carbons (Fsp3) is 0. The highest BCUT2D eigenvalue weighted by Gasteiger charge is 2.01. The van der Waals surface area contributed by atoms with Gasteiger partial charge >= 0.3 is 0 Å². The molecule has 0 unspecified atom stereocenters. The minimum absolute atomic E-state index is 0.486. The van der Waals surface area contributed by atoms with E-state index in [1.54, 1.807) is 5.38 Å². The minimum Gasteiger partial charge on any atom is -0.431 e. The van der Waals surface area contributed by atoms with Gasteiger partial charge in [-0.3, -0.25) is 0 Å². The highest BCUT2D eigenvalue weighted by molar-refractivity contribution is 9.10. The first-order valence-electron chi connectivity index (χ1n) is 3.88. The molecule has 14 heavy (non-hydrogen) atoms. The van der Waals surface area contributed by atoms with E-state index in [2.05, 4.69) is 20.9 Å². The summed E-state index contributed by atoms with van der Waals surface area (Å²) in [6.07, 6.45) is 0. The van der Waals surface area contributed by atoms with Crippen LogP contribution in [0.25, 0.3) is 0 Å². The lowest BCUT2D eigenvalue weighted by Gasteiger charge is -2.00. The number of hydrogen-bond donors (Lipinski definition) is 1. The van der Waals surface area contributed by atoms with Crippen LogP contribution in [0.15, 0.2) is 34.1 Å². The third kappa shape index (κ3) is 2.24. The molecule has 0 spiro atoms. The highest BCUT2D eigenvalue weighted by atomic mass is 79.9. The van der Waals surface area contributed by atoms with Gasteiger partial charge in [-0.25, -0.2) is 0 Å². The molecule has 0 aliphatic carbocycles. The molecule has 0 atom stereocenters. The zero-order chi connectivity index (χ0) is 9.97. The summed E-state index contributed by atoms with van der Waals surface area (Å²) in [6, 6.07) is 7.57. The Morgan fingerprint density at radius 3 is 2.93 bits per heavy atom. The number of hydrogen-bond acceptors (Lipinski definition) is 4. The second-order valence-corrected chi connectivity index (χ2v) is 4.33. The third-order valence-corrected chi connectivity index (χ3v) is 2.73. The molecule has 1 aromatic carbocycles. The second kappa shape index (κ2) is 3.98. The predicted molar refractivity (Wildman–Crippen MR) is 60.7 cm³/mol. The molecule has 0 bridgehead atoms. The fourth-order valence-electron chi connectivity index (χ4n) is 0.947. The molecule has 0 aliphatic rings. The molecule has 2 N–H and O–H groups in total. The third-order valence-electron chi connectivity index (χ3n) is 1.50. The zero-order valence-corrected chi connectivity index (χ0v) is 9.51. The van der Waals surface area contributed by atoms with Gasteiger partial charge in [0.2, 0.25) is 0 Å². The van der Waals surface area contributed by atoms with Gasteiger partial charge in [0, 0.05) is 9.85 Å². The SMILES string of the molecule is Nc1csc(Oc2cccc(Br)c2)n1. The Kier molecular flexibility index (Phi) is 2.69. The zero-order valence-electron chi connectivity index (χ0n) is 7.11.